The van der Waals surface area contributed by atoms with E-state index in [9.17, 15) is 0 Å². The van der Waals surface area contributed by atoms with Crippen LogP contribution in [-0.4, -0.2) is 33.6 Å². The van der Waals surface area contributed by atoms with Crippen LogP contribution in [0.5, 0.6) is 0 Å². The normalized spacial score (nSPS) is 18.9. The van der Waals surface area contributed by atoms with Crippen molar-refractivity contribution in [1.82, 2.24) is 20.4 Å². The predicted molar refractivity (Wildman–Crippen MR) is 78.4 cm³/mol. The van der Waals surface area contributed by atoms with Gasteiger partial charge in [0.25, 0.3) is 0 Å². The van der Waals surface area contributed by atoms with E-state index >= 15 is 0 Å². The monoisotopic (exact) mass is 261 g/mol. The van der Waals surface area contributed by atoms with Crippen molar-refractivity contribution in [3.05, 3.63) is 24.2 Å². The minimum atomic E-state index is 0.274. The Morgan fingerprint density at radius 3 is 2.89 bits per heavy atom. The molecule has 2 heterocycles. The Morgan fingerprint density at radius 1 is 1.47 bits per heavy atom. The standard InChI is InChI=1S/C14H23N5/c1-5-7-15-14-16-8-6-13(17-14)12-9-19(10(2)3)18-11(12)4/h6,8-11,18H,5,7H2,1-4H3,(H,15,16,17). The van der Waals surface area contributed by atoms with E-state index in [1.807, 2.05) is 12.3 Å². The maximum Gasteiger partial charge on any atom is 0.223 e. The van der Waals surface area contributed by atoms with Crippen LogP contribution in [0.4, 0.5) is 5.95 Å². The van der Waals surface area contributed by atoms with E-state index in [0.717, 1.165) is 18.7 Å². The molecule has 0 radical (unpaired) electrons. The Bertz CT molecular complexity index is 455. The molecule has 0 aromatic carbocycles. The fraction of sp³-hybridized carbons (Fsp3) is 0.571. The molecular weight excluding hydrogens is 238 g/mol. The Morgan fingerprint density at radius 2 is 2.26 bits per heavy atom. The van der Waals surface area contributed by atoms with E-state index in [1.54, 1.807) is 0 Å². The third-order valence-electron chi connectivity index (χ3n) is 3.13. The number of rotatable bonds is 5. The quantitative estimate of drug-likeness (QED) is 0.851. The van der Waals surface area contributed by atoms with E-state index in [4.69, 9.17) is 0 Å². The van der Waals surface area contributed by atoms with Crippen LogP contribution in [0.3, 0.4) is 0 Å². The number of anilines is 1. The summed E-state index contributed by atoms with van der Waals surface area (Å²) in [6.45, 7) is 9.49. The lowest BCUT2D eigenvalue weighted by molar-refractivity contribution is 0.230. The summed E-state index contributed by atoms with van der Waals surface area (Å²) in [5.74, 6) is 0.704. The summed E-state index contributed by atoms with van der Waals surface area (Å²) in [7, 11) is 0. The van der Waals surface area contributed by atoms with Gasteiger partial charge in [-0.2, -0.15) is 0 Å². The molecule has 104 valence electrons. The van der Waals surface area contributed by atoms with Crippen molar-refractivity contribution in [2.45, 2.75) is 46.2 Å². The minimum absolute atomic E-state index is 0.274. The molecule has 0 saturated heterocycles. The average Bonchev–Trinajstić information content (AvgIpc) is 2.79. The van der Waals surface area contributed by atoms with Crippen LogP contribution in [0.2, 0.25) is 0 Å². The lowest BCUT2D eigenvalue weighted by Crippen LogP contribution is -2.38. The Kier molecular flexibility index (Phi) is 4.37. The number of hydrazine groups is 1. The Labute approximate surface area is 115 Å². The first-order valence-corrected chi connectivity index (χ1v) is 6.95. The number of hydrogen-bond acceptors (Lipinski definition) is 5. The SMILES string of the molecule is CCCNc1nccc(C2=CN(C(C)C)NC2C)n1. The van der Waals surface area contributed by atoms with Gasteiger partial charge in [-0.05, 0) is 33.3 Å². The second kappa shape index (κ2) is 6.02. The van der Waals surface area contributed by atoms with Crippen LogP contribution in [0.25, 0.3) is 5.57 Å². The molecule has 0 amide bonds. The van der Waals surface area contributed by atoms with Crippen LogP contribution in [0.15, 0.2) is 18.5 Å². The van der Waals surface area contributed by atoms with Crippen LogP contribution >= 0.6 is 0 Å². The number of nitrogens with zero attached hydrogens (tertiary/aromatic N) is 3. The largest absolute Gasteiger partial charge is 0.354 e. The van der Waals surface area contributed by atoms with Gasteiger partial charge >= 0.3 is 0 Å². The van der Waals surface area contributed by atoms with Crippen molar-refractivity contribution in [3.8, 4) is 0 Å². The first kappa shape index (κ1) is 13.8. The van der Waals surface area contributed by atoms with E-state index in [2.05, 4.69) is 59.6 Å². The van der Waals surface area contributed by atoms with Gasteiger partial charge in [0.15, 0.2) is 0 Å². The molecule has 5 nitrogen and oxygen atoms in total. The molecule has 1 unspecified atom stereocenters. The second-order valence-electron chi connectivity index (χ2n) is 5.13. The van der Waals surface area contributed by atoms with Gasteiger partial charge < -0.3 is 10.3 Å². The van der Waals surface area contributed by atoms with Crippen LogP contribution in [-0.2, 0) is 0 Å². The zero-order valence-corrected chi connectivity index (χ0v) is 12.1. The molecule has 1 aromatic heterocycles. The van der Waals surface area contributed by atoms with E-state index < -0.39 is 0 Å². The van der Waals surface area contributed by atoms with Gasteiger partial charge in [0.05, 0.1) is 11.7 Å². The summed E-state index contributed by atoms with van der Waals surface area (Å²) in [6, 6.07) is 2.67. The van der Waals surface area contributed by atoms with Gasteiger partial charge in [-0.25, -0.2) is 15.4 Å². The molecule has 1 aliphatic rings. The maximum atomic E-state index is 4.58. The topological polar surface area (TPSA) is 53.1 Å². The molecule has 0 bridgehead atoms. The van der Waals surface area contributed by atoms with Crippen molar-refractivity contribution in [2.24, 2.45) is 0 Å². The van der Waals surface area contributed by atoms with Gasteiger partial charge in [-0.3, -0.25) is 0 Å². The van der Waals surface area contributed by atoms with Gasteiger partial charge in [0, 0.05) is 30.6 Å². The third kappa shape index (κ3) is 3.23. The molecule has 1 aromatic rings. The van der Waals surface area contributed by atoms with E-state index in [1.165, 1.54) is 5.57 Å². The molecule has 0 aliphatic carbocycles. The summed E-state index contributed by atoms with van der Waals surface area (Å²) in [5.41, 5.74) is 5.61. The smallest absolute Gasteiger partial charge is 0.223 e. The highest BCUT2D eigenvalue weighted by Crippen LogP contribution is 2.23. The van der Waals surface area contributed by atoms with Crippen LogP contribution in [0, 0.1) is 0 Å². The highest BCUT2D eigenvalue weighted by atomic mass is 15.5. The lowest BCUT2D eigenvalue weighted by Gasteiger charge is -2.21. The summed E-state index contributed by atoms with van der Waals surface area (Å²) in [6.07, 6.45) is 5.02. The molecule has 0 fully saturated rings. The van der Waals surface area contributed by atoms with Gasteiger partial charge in [-0.1, -0.05) is 6.92 Å². The van der Waals surface area contributed by atoms with E-state index in [0.29, 0.717) is 12.0 Å². The molecule has 19 heavy (non-hydrogen) atoms. The zero-order valence-electron chi connectivity index (χ0n) is 12.1. The Hall–Kier alpha value is -1.62. The summed E-state index contributed by atoms with van der Waals surface area (Å²) in [4.78, 5) is 8.82. The fourth-order valence-corrected chi connectivity index (χ4v) is 2.02. The first-order chi connectivity index (χ1) is 9.11. The van der Waals surface area contributed by atoms with E-state index in [-0.39, 0.29) is 6.04 Å². The average molecular weight is 261 g/mol. The molecule has 1 atom stereocenters. The molecule has 5 heteroatoms. The zero-order chi connectivity index (χ0) is 13.8. The number of hydrogen-bond donors (Lipinski definition) is 2. The predicted octanol–water partition coefficient (Wildman–Crippen LogP) is 2.26. The number of aromatic nitrogens is 2. The summed E-state index contributed by atoms with van der Waals surface area (Å²) >= 11 is 0. The number of nitrogens with one attached hydrogen (secondary N) is 2. The van der Waals surface area contributed by atoms with Crippen molar-refractivity contribution in [3.63, 3.8) is 0 Å². The summed E-state index contributed by atoms with van der Waals surface area (Å²) < 4.78 is 0. The highest BCUT2D eigenvalue weighted by Gasteiger charge is 2.23. The van der Waals surface area contributed by atoms with Crippen molar-refractivity contribution in [1.29, 1.82) is 0 Å². The van der Waals surface area contributed by atoms with Crippen molar-refractivity contribution >= 4 is 11.5 Å². The molecule has 2 rings (SSSR count). The lowest BCUT2D eigenvalue weighted by atomic mass is 10.1. The maximum absolute atomic E-state index is 4.58. The van der Waals surface area contributed by atoms with Crippen molar-refractivity contribution in [2.75, 3.05) is 11.9 Å². The van der Waals surface area contributed by atoms with Crippen LogP contribution in [0.1, 0.15) is 39.8 Å². The summed E-state index contributed by atoms with van der Waals surface area (Å²) in [5, 5.41) is 5.35. The van der Waals surface area contributed by atoms with Gasteiger partial charge in [0.1, 0.15) is 0 Å². The Balaban J connectivity index is 2.19. The molecule has 0 spiro atoms. The van der Waals surface area contributed by atoms with Gasteiger partial charge in [-0.15, -0.1) is 0 Å². The van der Waals surface area contributed by atoms with Crippen molar-refractivity contribution < 1.29 is 0 Å². The highest BCUT2D eigenvalue weighted by molar-refractivity contribution is 5.68. The second-order valence-corrected chi connectivity index (χ2v) is 5.13. The molecule has 1 aliphatic heterocycles. The van der Waals surface area contributed by atoms with Gasteiger partial charge in [0.2, 0.25) is 5.95 Å². The molecule has 2 N–H and O–H groups in total. The van der Waals surface area contributed by atoms with Crippen LogP contribution < -0.4 is 10.7 Å². The third-order valence-corrected chi connectivity index (χ3v) is 3.13. The first-order valence-electron chi connectivity index (χ1n) is 6.95. The fourth-order valence-electron chi connectivity index (χ4n) is 2.02. The molecular formula is C14H23N5. The minimum Gasteiger partial charge on any atom is -0.354 e. The molecule has 0 saturated carbocycles.